The number of rotatable bonds is 3. The molecule has 0 radical (unpaired) electrons. The van der Waals surface area contributed by atoms with Crippen molar-refractivity contribution in [2.75, 3.05) is 11.1 Å². The Hall–Kier alpha value is -2.14. The quantitative estimate of drug-likeness (QED) is 0.847. The Balaban J connectivity index is 1.55. The van der Waals surface area contributed by atoms with Crippen LogP contribution >= 0.6 is 23.1 Å². The number of nitrogens with one attached hydrogen (secondary N) is 2. The third kappa shape index (κ3) is 3.13. The van der Waals surface area contributed by atoms with Crippen LogP contribution < -0.4 is 10.6 Å². The molecular formula is C10H9N7O2S2. The van der Waals surface area contributed by atoms with Gasteiger partial charge in [-0.15, -0.1) is 10.2 Å². The lowest BCUT2D eigenvalue weighted by molar-refractivity contribution is -0.116. The number of carbonyl (C=O) groups is 2. The Bertz CT molecular complexity index is 693. The van der Waals surface area contributed by atoms with Gasteiger partial charge in [0, 0.05) is 0 Å². The van der Waals surface area contributed by atoms with E-state index in [1.54, 1.807) is 6.92 Å². The Morgan fingerprint density at radius 3 is 3.14 bits per heavy atom. The van der Waals surface area contributed by atoms with Gasteiger partial charge in [-0.3, -0.25) is 14.9 Å². The number of thioether (sulfide) groups is 1. The maximum Gasteiger partial charge on any atom is 0.258 e. The Morgan fingerprint density at radius 2 is 2.38 bits per heavy atom. The molecule has 0 saturated carbocycles. The van der Waals surface area contributed by atoms with Crippen LogP contribution in [0.1, 0.15) is 5.01 Å². The van der Waals surface area contributed by atoms with E-state index in [0.29, 0.717) is 15.9 Å². The maximum absolute atomic E-state index is 11.8. The number of carbonyl (C=O) groups excluding carboxylic acids is 2. The molecule has 0 saturated heterocycles. The zero-order chi connectivity index (χ0) is 14.8. The number of aromatic nitrogens is 2. The Morgan fingerprint density at radius 1 is 1.52 bits per heavy atom. The van der Waals surface area contributed by atoms with Crippen LogP contribution in [0.2, 0.25) is 0 Å². The molecule has 21 heavy (non-hydrogen) atoms. The molecule has 0 fully saturated rings. The average molecular weight is 323 g/mol. The van der Waals surface area contributed by atoms with E-state index in [2.05, 4.69) is 36.1 Å². The van der Waals surface area contributed by atoms with E-state index in [9.17, 15) is 9.59 Å². The van der Waals surface area contributed by atoms with Gasteiger partial charge in [-0.05, 0) is 6.92 Å². The number of amidine groups is 1. The highest BCUT2D eigenvalue weighted by atomic mass is 32.2. The summed E-state index contributed by atoms with van der Waals surface area (Å²) in [7, 11) is 0. The molecule has 9 nitrogen and oxygen atoms in total. The predicted octanol–water partition coefficient (Wildman–Crippen LogP) is 0.680. The van der Waals surface area contributed by atoms with Gasteiger partial charge in [-0.1, -0.05) is 23.1 Å². The molecule has 2 aliphatic rings. The molecule has 11 heteroatoms. The van der Waals surface area contributed by atoms with Crippen LogP contribution in [0.3, 0.4) is 0 Å². The molecule has 0 spiro atoms. The number of aliphatic imine (C=N–C) groups is 1. The third-order valence-electron chi connectivity index (χ3n) is 2.49. The van der Waals surface area contributed by atoms with Crippen molar-refractivity contribution in [1.29, 1.82) is 0 Å². The first-order valence-electron chi connectivity index (χ1n) is 5.84. The molecule has 0 aromatic carbocycles. The number of azo groups is 1. The van der Waals surface area contributed by atoms with Crippen LogP contribution in [-0.4, -0.2) is 39.1 Å². The molecule has 1 aromatic heterocycles. The van der Waals surface area contributed by atoms with Gasteiger partial charge < -0.3 is 5.32 Å². The van der Waals surface area contributed by atoms with Crippen LogP contribution in [0.15, 0.2) is 27.0 Å². The minimum atomic E-state index is -0.588. The number of aryl methyl sites for hydroxylation is 1. The number of hydrogen-bond donors (Lipinski definition) is 2. The lowest BCUT2D eigenvalue weighted by Gasteiger charge is -2.16. The number of anilines is 1. The summed E-state index contributed by atoms with van der Waals surface area (Å²) in [5.41, 5.74) is 0.410. The van der Waals surface area contributed by atoms with Crippen molar-refractivity contribution >= 4 is 45.2 Å². The largest absolute Gasteiger partial charge is 0.301 e. The van der Waals surface area contributed by atoms with Crippen molar-refractivity contribution in [3.8, 4) is 0 Å². The van der Waals surface area contributed by atoms with Crippen LogP contribution in [0.25, 0.3) is 0 Å². The van der Waals surface area contributed by atoms with Crippen molar-refractivity contribution < 1.29 is 9.59 Å². The fourth-order valence-corrected chi connectivity index (χ4v) is 2.87. The fraction of sp³-hybridized carbons (Fsp3) is 0.300. The highest BCUT2D eigenvalue weighted by molar-refractivity contribution is 8.14. The van der Waals surface area contributed by atoms with Crippen molar-refractivity contribution in [1.82, 2.24) is 15.5 Å². The second-order valence-corrected chi connectivity index (χ2v) is 6.19. The van der Waals surface area contributed by atoms with Crippen LogP contribution in [-0.2, 0) is 9.59 Å². The zero-order valence-electron chi connectivity index (χ0n) is 10.7. The van der Waals surface area contributed by atoms with Gasteiger partial charge in [0.2, 0.25) is 11.0 Å². The second kappa shape index (κ2) is 5.69. The standard InChI is InChI=1S/C10H9N7O2S2/c1-4-15-17-10(21-4)12-6(18)3-20-9-13-7-5(2-11-16-7)8(19)14-9/h2,7H,3H2,1H3,(H,12,17,18)(H,13,14,19). The van der Waals surface area contributed by atoms with Crippen molar-refractivity contribution in [2.45, 2.75) is 13.1 Å². The summed E-state index contributed by atoms with van der Waals surface area (Å²) in [6, 6.07) is 0. The molecule has 3 rings (SSSR count). The number of fused-ring (bicyclic) bond motifs is 1. The van der Waals surface area contributed by atoms with Crippen molar-refractivity contribution in [3.05, 3.63) is 16.8 Å². The van der Waals surface area contributed by atoms with E-state index >= 15 is 0 Å². The minimum Gasteiger partial charge on any atom is -0.301 e. The molecule has 1 unspecified atom stereocenters. The SMILES string of the molecule is Cc1nnc(NC(=O)CSC2=NC3N=NC=C3C(=O)N2)s1. The first kappa shape index (κ1) is 13.8. The lowest BCUT2D eigenvalue weighted by atomic mass is 10.2. The predicted molar refractivity (Wildman–Crippen MR) is 78.0 cm³/mol. The van der Waals surface area contributed by atoms with Crippen molar-refractivity contribution in [3.63, 3.8) is 0 Å². The number of nitrogens with zero attached hydrogens (tertiary/aromatic N) is 5. The highest BCUT2D eigenvalue weighted by Gasteiger charge is 2.29. The molecule has 1 atom stereocenters. The first-order chi connectivity index (χ1) is 10.1. The van der Waals surface area contributed by atoms with Gasteiger partial charge in [0.1, 0.15) is 5.01 Å². The van der Waals surface area contributed by atoms with Gasteiger partial charge in [0.15, 0.2) is 11.3 Å². The maximum atomic E-state index is 11.8. The number of amides is 2. The van der Waals surface area contributed by atoms with Gasteiger partial charge >= 0.3 is 0 Å². The smallest absolute Gasteiger partial charge is 0.258 e. The summed E-state index contributed by atoms with van der Waals surface area (Å²) >= 11 is 2.41. The van der Waals surface area contributed by atoms with E-state index in [4.69, 9.17) is 0 Å². The monoisotopic (exact) mass is 323 g/mol. The van der Waals surface area contributed by atoms with Crippen LogP contribution in [0.4, 0.5) is 5.13 Å². The number of hydrogen-bond acceptors (Lipinski definition) is 9. The average Bonchev–Trinajstić information content (AvgIpc) is 3.06. The molecule has 3 heterocycles. The van der Waals surface area contributed by atoms with E-state index < -0.39 is 6.17 Å². The zero-order valence-corrected chi connectivity index (χ0v) is 12.4. The summed E-state index contributed by atoms with van der Waals surface area (Å²) in [5, 5.41) is 21.9. The van der Waals surface area contributed by atoms with Crippen molar-refractivity contribution in [2.24, 2.45) is 15.2 Å². The van der Waals surface area contributed by atoms with Gasteiger partial charge in [-0.2, -0.15) is 10.2 Å². The van der Waals surface area contributed by atoms with E-state index in [-0.39, 0.29) is 17.6 Å². The molecular weight excluding hydrogens is 314 g/mol. The molecule has 2 N–H and O–H groups in total. The summed E-state index contributed by atoms with van der Waals surface area (Å²) in [4.78, 5) is 27.7. The summed E-state index contributed by atoms with van der Waals surface area (Å²) in [6.45, 7) is 1.80. The first-order valence-corrected chi connectivity index (χ1v) is 7.64. The fourth-order valence-electron chi connectivity index (χ4n) is 1.58. The van der Waals surface area contributed by atoms with Crippen LogP contribution in [0.5, 0.6) is 0 Å². The van der Waals surface area contributed by atoms with E-state index in [1.807, 2.05) is 0 Å². The Kier molecular flexibility index (Phi) is 3.75. The topological polar surface area (TPSA) is 121 Å². The molecule has 2 amide bonds. The van der Waals surface area contributed by atoms with Gasteiger partial charge in [0.25, 0.3) is 5.91 Å². The van der Waals surface area contributed by atoms with Gasteiger partial charge in [-0.25, -0.2) is 4.99 Å². The Labute approximate surface area is 127 Å². The molecule has 1 aromatic rings. The summed E-state index contributed by atoms with van der Waals surface area (Å²) in [5.74, 6) is -0.439. The molecule has 108 valence electrons. The summed E-state index contributed by atoms with van der Waals surface area (Å²) in [6.07, 6.45) is 0.797. The highest BCUT2D eigenvalue weighted by Crippen LogP contribution is 2.22. The van der Waals surface area contributed by atoms with E-state index in [1.165, 1.54) is 17.5 Å². The lowest BCUT2D eigenvalue weighted by Crippen LogP contribution is -2.38. The summed E-state index contributed by atoms with van der Waals surface area (Å²) < 4.78 is 0. The molecule has 2 aliphatic heterocycles. The van der Waals surface area contributed by atoms with Crippen LogP contribution in [0, 0.1) is 6.92 Å². The minimum absolute atomic E-state index is 0.0979. The molecule has 0 bridgehead atoms. The normalized spacial score (nSPS) is 19.7. The third-order valence-corrected chi connectivity index (χ3v) is 4.13. The molecule has 0 aliphatic carbocycles. The van der Waals surface area contributed by atoms with E-state index in [0.717, 1.165) is 16.8 Å². The van der Waals surface area contributed by atoms with Gasteiger partial charge in [0.05, 0.1) is 17.5 Å². The second-order valence-electron chi connectivity index (χ2n) is 4.04.